The van der Waals surface area contributed by atoms with Crippen LogP contribution < -0.4 is 14.5 Å². The van der Waals surface area contributed by atoms with Crippen LogP contribution in [0.2, 0.25) is 5.02 Å². The number of carbonyl (C=O) groups is 1. The van der Waals surface area contributed by atoms with Crippen molar-refractivity contribution in [2.45, 2.75) is 30.6 Å². The molecule has 9 heteroatoms. The lowest BCUT2D eigenvalue weighted by Crippen LogP contribution is -2.39. The summed E-state index contributed by atoms with van der Waals surface area (Å²) in [5.74, 6) is 0.00449. The molecule has 29 heavy (non-hydrogen) atoms. The lowest BCUT2D eigenvalue weighted by molar-refractivity contribution is -0.119. The summed E-state index contributed by atoms with van der Waals surface area (Å²) in [7, 11) is -2.52. The van der Waals surface area contributed by atoms with E-state index < -0.39 is 22.5 Å². The summed E-state index contributed by atoms with van der Waals surface area (Å²) >= 11 is 6.05. The first-order chi connectivity index (χ1) is 13.9. The number of rotatable bonds is 7. The van der Waals surface area contributed by atoms with Gasteiger partial charge in [0.15, 0.2) is 0 Å². The van der Waals surface area contributed by atoms with Gasteiger partial charge >= 0.3 is 0 Å². The van der Waals surface area contributed by atoms with Gasteiger partial charge in [0.1, 0.15) is 12.3 Å². The van der Waals surface area contributed by atoms with Crippen molar-refractivity contribution in [3.8, 4) is 5.75 Å². The minimum atomic E-state index is -4.02. The average Bonchev–Trinajstić information content (AvgIpc) is 3.24. The molecule has 7 nitrogen and oxygen atoms in total. The lowest BCUT2D eigenvalue weighted by atomic mass is 10.3. The summed E-state index contributed by atoms with van der Waals surface area (Å²) in [6.45, 7) is -0.425. The third-order valence-electron chi connectivity index (χ3n) is 4.55. The lowest BCUT2D eigenvalue weighted by Gasteiger charge is -2.24. The van der Waals surface area contributed by atoms with Crippen LogP contribution in [0, 0.1) is 0 Å². The fraction of sp³-hybridized carbons (Fsp3) is 0.300. The van der Waals surface area contributed by atoms with Crippen molar-refractivity contribution in [1.29, 1.82) is 0 Å². The number of ether oxygens (including phenoxy) is 1. The average molecular weight is 436 g/mol. The molecule has 0 heterocycles. The largest absolute Gasteiger partial charge is 0.497 e. The zero-order valence-corrected chi connectivity index (χ0v) is 17.5. The maximum atomic E-state index is 13.3. The fourth-order valence-electron chi connectivity index (χ4n) is 3.02. The van der Waals surface area contributed by atoms with Crippen molar-refractivity contribution in [2.75, 3.05) is 18.0 Å². The Morgan fingerprint density at radius 3 is 2.48 bits per heavy atom. The van der Waals surface area contributed by atoms with E-state index in [0.29, 0.717) is 10.8 Å². The predicted octanol–water partition coefficient (Wildman–Crippen LogP) is 3.59. The molecule has 1 aliphatic carbocycles. The first kappa shape index (κ1) is 21.1. The Kier molecular flexibility index (Phi) is 6.76. The maximum absolute atomic E-state index is 13.3. The van der Waals surface area contributed by atoms with Crippen LogP contribution in [0.1, 0.15) is 25.7 Å². The van der Waals surface area contributed by atoms with E-state index in [2.05, 4.69) is 10.5 Å². The minimum Gasteiger partial charge on any atom is -0.497 e. The topological polar surface area (TPSA) is 88.1 Å². The molecule has 0 bridgehead atoms. The number of amides is 1. The van der Waals surface area contributed by atoms with E-state index in [-0.39, 0.29) is 10.6 Å². The molecule has 0 radical (unpaired) electrons. The first-order valence-corrected chi connectivity index (χ1v) is 11.0. The molecule has 154 valence electrons. The number of nitrogens with one attached hydrogen (secondary N) is 1. The van der Waals surface area contributed by atoms with Gasteiger partial charge in [-0.15, -0.1) is 0 Å². The molecular weight excluding hydrogens is 414 g/mol. The van der Waals surface area contributed by atoms with Crippen molar-refractivity contribution in [3.63, 3.8) is 0 Å². The van der Waals surface area contributed by atoms with E-state index in [9.17, 15) is 13.2 Å². The molecule has 1 fully saturated rings. The third kappa shape index (κ3) is 5.27. The number of benzene rings is 2. The highest BCUT2D eigenvalue weighted by atomic mass is 35.5. The van der Waals surface area contributed by atoms with Gasteiger partial charge in [-0.3, -0.25) is 9.10 Å². The molecule has 0 aromatic heterocycles. The Morgan fingerprint density at radius 1 is 1.17 bits per heavy atom. The summed E-state index contributed by atoms with van der Waals surface area (Å²) in [4.78, 5) is 12.5. The van der Waals surface area contributed by atoms with Gasteiger partial charge in [0, 0.05) is 10.7 Å². The summed E-state index contributed by atoms with van der Waals surface area (Å²) in [5, 5.41) is 4.48. The monoisotopic (exact) mass is 435 g/mol. The predicted molar refractivity (Wildman–Crippen MR) is 113 cm³/mol. The molecule has 0 atom stereocenters. The molecular formula is C20H22ClN3O4S. The zero-order chi connectivity index (χ0) is 20.9. The third-order valence-corrected chi connectivity index (χ3v) is 6.57. The maximum Gasteiger partial charge on any atom is 0.264 e. The fourth-order valence-corrected chi connectivity index (χ4v) is 4.62. The van der Waals surface area contributed by atoms with Crippen LogP contribution >= 0.6 is 11.6 Å². The van der Waals surface area contributed by atoms with E-state index in [1.807, 2.05) is 0 Å². The van der Waals surface area contributed by atoms with Crippen LogP contribution in [0.25, 0.3) is 0 Å². The smallest absolute Gasteiger partial charge is 0.264 e. The number of hydrazone groups is 1. The number of halogens is 1. The van der Waals surface area contributed by atoms with E-state index in [1.165, 1.54) is 25.3 Å². The van der Waals surface area contributed by atoms with Crippen molar-refractivity contribution in [3.05, 3.63) is 53.6 Å². The zero-order valence-electron chi connectivity index (χ0n) is 16.0. The van der Waals surface area contributed by atoms with Gasteiger partial charge < -0.3 is 4.74 Å². The first-order valence-electron chi connectivity index (χ1n) is 9.17. The Bertz CT molecular complexity index is 999. The van der Waals surface area contributed by atoms with Gasteiger partial charge in [-0.05, 0) is 68.1 Å². The van der Waals surface area contributed by atoms with Crippen LogP contribution in [0.15, 0.2) is 58.5 Å². The molecule has 1 N–H and O–H groups in total. The standard InChI is InChI=1S/C20H22ClN3O4S/c1-28-18-9-11-19(12-10-18)29(26,27)24(17-8-4-5-15(21)13-17)14-20(25)23-22-16-6-2-3-7-16/h4-5,8-13H,2-3,6-7,14H2,1H3,(H,23,25). The SMILES string of the molecule is COc1ccc(S(=O)(=O)N(CC(=O)NN=C2CCCC2)c2cccc(Cl)c2)cc1. The molecule has 2 aromatic rings. The quantitative estimate of drug-likeness (QED) is 0.673. The Balaban J connectivity index is 1.89. The normalized spacial score (nSPS) is 13.8. The number of sulfonamides is 1. The van der Waals surface area contributed by atoms with Gasteiger partial charge in [0.05, 0.1) is 17.7 Å². The summed E-state index contributed by atoms with van der Waals surface area (Å²) in [6.07, 6.45) is 3.80. The number of hydrogen-bond acceptors (Lipinski definition) is 5. The highest BCUT2D eigenvalue weighted by molar-refractivity contribution is 7.92. The molecule has 3 rings (SSSR count). The summed E-state index contributed by atoms with van der Waals surface area (Å²) in [5.41, 5.74) is 3.68. The molecule has 1 saturated carbocycles. The minimum absolute atomic E-state index is 0.0354. The Labute approximate surface area is 175 Å². The molecule has 0 spiro atoms. The van der Waals surface area contributed by atoms with Gasteiger partial charge in [-0.2, -0.15) is 5.10 Å². The van der Waals surface area contributed by atoms with Crippen molar-refractivity contribution in [2.24, 2.45) is 5.10 Å². The van der Waals surface area contributed by atoms with Crippen molar-refractivity contribution in [1.82, 2.24) is 5.43 Å². The van der Waals surface area contributed by atoms with E-state index in [4.69, 9.17) is 16.3 Å². The van der Waals surface area contributed by atoms with Crippen LogP contribution in [0.5, 0.6) is 5.75 Å². The van der Waals surface area contributed by atoms with Crippen LogP contribution in [0.3, 0.4) is 0 Å². The van der Waals surface area contributed by atoms with Crippen LogP contribution in [-0.4, -0.2) is 33.7 Å². The van der Waals surface area contributed by atoms with Gasteiger partial charge in [-0.1, -0.05) is 17.7 Å². The summed E-state index contributed by atoms with van der Waals surface area (Å²) in [6, 6.07) is 12.3. The highest BCUT2D eigenvalue weighted by Crippen LogP contribution is 2.27. The number of hydrogen-bond donors (Lipinski definition) is 1. The van der Waals surface area contributed by atoms with E-state index >= 15 is 0 Å². The molecule has 0 unspecified atom stereocenters. The second-order valence-corrected chi connectivity index (χ2v) is 8.89. The van der Waals surface area contributed by atoms with Crippen LogP contribution in [0.4, 0.5) is 5.69 Å². The molecule has 0 aliphatic heterocycles. The Hall–Kier alpha value is -2.58. The molecule has 0 saturated heterocycles. The van der Waals surface area contributed by atoms with Crippen LogP contribution in [-0.2, 0) is 14.8 Å². The second kappa shape index (κ2) is 9.28. The van der Waals surface area contributed by atoms with Crippen molar-refractivity contribution >= 4 is 38.9 Å². The molecule has 1 aliphatic rings. The summed E-state index contributed by atoms with van der Waals surface area (Å²) < 4.78 is 32.6. The highest BCUT2D eigenvalue weighted by Gasteiger charge is 2.27. The van der Waals surface area contributed by atoms with Gasteiger partial charge in [0.25, 0.3) is 15.9 Å². The van der Waals surface area contributed by atoms with E-state index in [0.717, 1.165) is 35.7 Å². The number of carbonyl (C=O) groups excluding carboxylic acids is 1. The van der Waals surface area contributed by atoms with Gasteiger partial charge in [-0.25, -0.2) is 13.8 Å². The number of anilines is 1. The number of methoxy groups -OCH3 is 1. The van der Waals surface area contributed by atoms with E-state index in [1.54, 1.807) is 30.3 Å². The molecule has 1 amide bonds. The van der Waals surface area contributed by atoms with Crippen molar-refractivity contribution < 1.29 is 17.9 Å². The molecule has 2 aromatic carbocycles. The van der Waals surface area contributed by atoms with Gasteiger partial charge in [0.2, 0.25) is 0 Å². The number of nitrogens with zero attached hydrogens (tertiary/aromatic N) is 2. The Morgan fingerprint density at radius 2 is 1.86 bits per heavy atom. The second-order valence-electron chi connectivity index (χ2n) is 6.59.